The highest BCUT2D eigenvalue weighted by Gasteiger charge is 2.38. The van der Waals surface area contributed by atoms with E-state index in [1.165, 1.54) is 18.2 Å². The lowest BCUT2D eigenvalue weighted by Crippen LogP contribution is -2.29. The van der Waals surface area contributed by atoms with E-state index >= 15 is 0 Å². The minimum Gasteiger partial charge on any atom is -0.490 e. The van der Waals surface area contributed by atoms with E-state index in [1.54, 1.807) is 12.1 Å². The van der Waals surface area contributed by atoms with Gasteiger partial charge in [0.15, 0.2) is 5.75 Å². The maximum Gasteiger partial charge on any atom is 0.311 e. The second-order valence-corrected chi connectivity index (χ2v) is 6.70. The maximum absolute atomic E-state index is 11.4. The molecule has 4 rings (SSSR count). The molecule has 0 saturated carbocycles. The number of rotatable bonds is 3. The highest BCUT2D eigenvalue weighted by atomic mass is 16.6. The minimum absolute atomic E-state index is 0.0138. The molecule has 2 aliphatic rings. The van der Waals surface area contributed by atoms with Crippen LogP contribution in [0.25, 0.3) is 0 Å². The van der Waals surface area contributed by atoms with Gasteiger partial charge >= 0.3 is 5.69 Å². The molecule has 0 amide bonds. The molecule has 3 atom stereocenters. The van der Waals surface area contributed by atoms with Crippen LogP contribution < -0.4 is 10.1 Å². The molecule has 0 unspecified atom stereocenters. The van der Waals surface area contributed by atoms with Gasteiger partial charge in [-0.3, -0.25) is 10.1 Å². The van der Waals surface area contributed by atoms with Gasteiger partial charge in [0.05, 0.1) is 18.1 Å². The van der Waals surface area contributed by atoms with E-state index in [4.69, 9.17) is 4.74 Å². The number of benzene rings is 2. The van der Waals surface area contributed by atoms with Crippen molar-refractivity contribution in [2.45, 2.75) is 25.3 Å². The number of nitro benzene ring substituents is 1. The van der Waals surface area contributed by atoms with Crippen LogP contribution in [0.4, 0.5) is 11.4 Å². The first-order valence-electron chi connectivity index (χ1n) is 8.45. The number of allylic oxidation sites excluding steroid dienone is 2. The summed E-state index contributed by atoms with van der Waals surface area (Å²) >= 11 is 0. The normalized spacial score (nSPS) is 23.5. The van der Waals surface area contributed by atoms with Crippen LogP contribution in [0.1, 0.15) is 35.1 Å². The third kappa shape index (κ3) is 2.47. The van der Waals surface area contributed by atoms with Crippen LogP contribution in [0.5, 0.6) is 5.75 Å². The van der Waals surface area contributed by atoms with Crippen LogP contribution in [0, 0.1) is 23.0 Å². The number of ether oxygens (including phenoxy) is 1. The average Bonchev–Trinajstić information content (AvgIpc) is 3.11. The van der Waals surface area contributed by atoms with Crippen molar-refractivity contribution in [3.8, 4) is 5.75 Å². The lowest BCUT2D eigenvalue weighted by atomic mass is 9.76. The van der Waals surface area contributed by atoms with Crippen molar-refractivity contribution >= 4 is 11.4 Å². The van der Waals surface area contributed by atoms with Crippen molar-refractivity contribution in [2.24, 2.45) is 5.92 Å². The molecule has 0 bridgehead atoms. The lowest BCUT2D eigenvalue weighted by molar-refractivity contribution is -0.385. The van der Waals surface area contributed by atoms with Crippen molar-refractivity contribution < 1.29 is 9.66 Å². The Kier molecular flexibility index (Phi) is 3.71. The van der Waals surface area contributed by atoms with Crippen LogP contribution in [-0.4, -0.2) is 12.0 Å². The van der Waals surface area contributed by atoms with Gasteiger partial charge in [-0.25, -0.2) is 0 Å². The standard InChI is InChI=1S/C20H20N2O3/c1-12-5-3-7-15-14-6-4-8-16(14)20(21-19(12)15)13-9-10-18(25-2)17(11-13)22(23)24/h3-7,9-11,14,16,20-21H,8H2,1-2H3/t14-,16+,20-/m0/s1. The van der Waals surface area contributed by atoms with Crippen LogP contribution in [0.2, 0.25) is 0 Å². The number of hydrogen-bond donors (Lipinski definition) is 1. The van der Waals surface area contributed by atoms with E-state index < -0.39 is 0 Å². The summed E-state index contributed by atoms with van der Waals surface area (Å²) in [5.41, 5.74) is 4.61. The van der Waals surface area contributed by atoms with Crippen molar-refractivity contribution in [1.29, 1.82) is 0 Å². The van der Waals surface area contributed by atoms with Gasteiger partial charge in [-0.15, -0.1) is 0 Å². The number of nitrogens with zero attached hydrogens (tertiary/aromatic N) is 1. The Labute approximate surface area is 146 Å². The monoisotopic (exact) mass is 336 g/mol. The fourth-order valence-electron chi connectivity index (χ4n) is 4.15. The molecule has 1 aliphatic heterocycles. The summed E-state index contributed by atoms with van der Waals surface area (Å²) in [5, 5.41) is 15.0. The molecule has 1 aliphatic carbocycles. The fraction of sp³-hybridized carbons (Fsp3) is 0.300. The Morgan fingerprint density at radius 2 is 2.12 bits per heavy atom. The Hall–Kier alpha value is -2.82. The van der Waals surface area contributed by atoms with Crippen molar-refractivity contribution in [3.63, 3.8) is 0 Å². The topological polar surface area (TPSA) is 64.4 Å². The molecule has 0 fully saturated rings. The molecule has 1 heterocycles. The molecule has 2 aromatic rings. The number of methoxy groups -OCH3 is 1. The first kappa shape index (κ1) is 15.7. The van der Waals surface area contributed by atoms with Gasteiger partial charge in [-0.2, -0.15) is 0 Å². The Morgan fingerprint density at radius 3 is 2.88 bits per heavy atom. The third-order valence-corrected chi connectivity index (χ3v) is 5.36. The number of aryl methyl sites for hydroxylation is 1. The van der Waals surface area contributed by atoms with Crippen LogP contribution >= 0.6 is 0 Å². The highest BCUT2D eigenvalue weighted by molar-refractivity contribution is 5.64. The molecule has 1 N–H and O–H groups in total. The molecule has 25 heavy (non-hydrogen) atoms. The van der Waals surface area contributed by atoms with Gasteiger partial charge in [0.2, 0.25) is 0 Å². The van der Waals surface area contributed by atoms with Crippen molar-refractivity contribution in [3.05, 3.63) is 75.4 Å². The van der Waals surface area contributed by atoms with Gasteiger partial charge in [0.1, 0.15) is 0 Å². The summed E-state index contributed by atoms with van der Waals surface area (Å²) in [6, 6.07) is 11.7. The SMILES string of the molecule is COc1ccc([C@@H]2Nc3c(C)cccc3[C@@H]3C=CC[C@H]32)cc1[N+](=O)[O-]. The van der Waals surface area contributed by atoms with Crippen molar-refractivity contribution in [2.75, 3.05) is 12.4 Å². The van der Waals surface area contributed by atoms with E-state index in [1.807, 2.05) is 6.07 Å². The van der Waals surface area contributed by atoms with Crippen LogP contribution in [0.3, 0.4) is 0 Å². The molecular formula is C20H20N2O3. The summed E-state index contributed by atoms with van der Waals surface area (Å²) in [6.45, 7) is 2.10. The number of nitrogens with one attached hydrogen (secondary N) is 1. The predicted molar refractivity (Wildman–Crippen MR) is 97.2 cm³/mol. The van der Waals surface area contributed by atoms with Gasteiger partial charge in [-0.05, 0) is 42.0 Å². The van der Waals surface area contributed by atoms with Gasteiger partial charge < -0.3 is 10.1 Å². The van der Waals surface area contributed by atoms with E-state index in [-0.39, 0.29) is 16.7 Å². The Morgan fingerprint density at radius 1 is 1.28 bits per heavy atom. The van der Waals surface area contributed by atoms with E-state index in [2.05, 4.69) is 42.6 Å². The van der Waals surface area contributed by atoms with E-state index in [0.717, 1.165) is 17.7 Å². The number of hydrogen-bond acceptors (Lipinski definition) is 4. The summed E-state index contributed by atoms with van der Waals surface area (Å²) in [7, 11) is 1.46. The van der Waals surface area contributed by atoms with Crippen LogP contribution in [0.15, 0.2) is 48.6 Å². The first-order valence-corrected chi connectivity index (χ1v) is 8.45. The Bertz CT molecular complexity index is 875. The van der Waals surface area contributed by atoms with Crippen molar-refractivity contribution in [1.82, 2.24) is 0 Å². The fourth-order valence-corrected chi connectivity index (χ4v) is 4.15. The van der Waals surface area contributed by atoms with Gasteiger partial charge in [0, 0.05) is 17.7 Å². The molecule has 2 aromatic carbocycles. The number of fused-ring (bicyclic) bond motifs is 3. The summed E-state index contributed by atoms with van der Waals surface area (Å²) in [4.78, 5) is 11.0. The first-order chi connectivity index (χ1) is 12.1. The zero-order chi connectivity index (χ0) is 17.6. The average molecular weight is 336 g/mol. The second-order valence-electron chi connectivity index (χ2n) is 6.70. The summed E-state index contributed by atoms with van der Waals surface area (Å²) in [6.07, 6.45) is 5.46. The zero-order valence-corrected chi connectivity index (χ0v) is 14.2. The van der Waals surface area contributed by atoms with E-state index in [0.29, 0.717) is 17.6 Å². The lowest BCUT2D eigenvalue weighted by Gasteiger charge is -2.38. The molecule has 5 nitrogen and oxygen atoms in total. The number of nitro groups is 1. The molecule has 0 saturated heterocycles. The van der Waals surface area contributed by atoms with Gasteiger partial charge in [-0.1, -0.05) is 36.4 Å². The molecule has 0 radical (unpaired) electrons. The molecule has 128 valence electrons. The Balaban J connectivity index is 1.80. The van der Waals surface area contributed by atoms with Gasteiger partial charge in [0.25, 0.3) is 0 Å². The van der Waals surface area contributed by atoms with E-state index in [9.17, 15) is 10.1 Å². The minimum atomic E-state index is -0.380. The number of para-hydroxylation sites is 1. The summed E-state index contributed by atoms with van der Waals surface area (Å²) in [5.74, 6) is 1.01. The quantitative estimate of drug-likeness (QED) is 0.499. The molecule has 0 aromatic heterocycles. The smallest absolute Gasteiger partial charge is 0.311 e. The summed E-state index contributed by atoms with van der Waals surface area (Å²) < 4.78 is 5.14. The zero-order valence-electron chi connectivity index (χ0n) is 14.2. The predicted octanol–water partition coefficient (Wildman–Crippen LogP) is 4.74. The second kappa shape index (κ2) is 5.92. The molecule has 5 heteroatoms. The largest absolute Gasteiger partial charge is 0.490 e. The molecule has 0 spiro atoms. The maximum atomic E-state index is 11.4. The van der Waals surface area contributed by atoms with Crippen LogP contribution in [-0.2, 0) is 0 Å². The highest BCUT2D eigenvalue weighted by Crippen LogP contribution is 2.51. The number of anilines is 1. The third-order valence-electron chi connectivity index (χ3n) is 5.36. The molecular weight excluding hydrogens is 316 g/mol.